The molecule has 21 heavy (non-hydrogen) atoms. The summed E-state index contributed by atoms with van der Waals surface area (Å²) in [6, 6.07) is 4.20. The molecule has 0 saturated heterocycles. The van der Waals surface area contributed by atoms with E-state index in [1.165, 1.54) is 18.2 Å². The van der Waals surface area contributed by atoms with Gasteiger partial charge in [0.1, 0.15) is 5.75 Å². The Hall–Kier alpha value is -0.840. The first kappa shape index (κ1) is 18.2. The summed E-state index contributed by atoms with van der Waals surface area (Å²) in [4.78, 5) is 0. The second-order valence-corrected chi connectivity index (χ2v) is 6.84. The summed E-state index contributed by atoms with van der Waals surface area (Å²) in [5, 5.41) is 2.96. The Balaban J connectivity index is 2.45. The van der Waals surface area contributed by atoms with Gasteiger partial charge in [-0.3, -0.25) is 0 Å². The minimum atomic E-state index is -4.74. The van der Waals surface area contributed by atoms with Crippen molar-refractivity contribution in [2.24, 2.45) is 0 Å². The monoisotopic (exact) mass is 390 g/mol. The molecule has 0 atom stereocenters. The minimum absolute atomic E-state index is 0.188. The summed E-state index contributed by atoms with van der Waals surface area (Å²) < 4.78 is 64.2. The van der Waals surface area contributed by atoms with Gasteiger partial charge in [-0.15, -0.1) is 13.2 Å². The third-order valence-electron chi connectivity index (χ3n) is 2.22. The van der Waals surface area contributed by atoms with Crippen LogP contribution in [-0.2, 0) is 16.6 Å². The predicted octanol–water partition coefficient (Wildman–Crippen LogP) is 1.99. The van der Waals surface area contributed by atoms with E-state index < -0.39 is 16.4 Å². The van der Waals surface area contributed by atoms with Crippen LogP contribution in [0.2, 0.25) is 0 Å². The number of alkyl halides is 3. The zero-order valence-corrected chi connectivity index (χ0v) is 13.4. The summed E-state index contributed by atoms with van der Waals surface area (Å²) in [7, 11) is -3.22. The maximum absolute atomic E-state index is 12.1. The smallest absolute Gasteiger partial charge is 0.405 e. The van der Waals surface area contributed by atoms with E-state index in [0.29, 0.717) is 13.1 Å². The normalized spacial score (nSPS) is 12.4. The average molecular weight is 391 g/mol. The zero-order chi connectivity index (χ0) is 16.1. The molecule has 0 saturated carbocycles. The molecule has 0 unspecified atom stereocenters. The number of hydrogen-bond donors (Lipinski definition) is 2. The van der Waals surface area contributed by atoms with Gasteiger partial charge in [0.05, 0.1) is 10.7 Å². The number of rotatable bonds is 7. The topological polar surface area (TPSA) is 67.4 Å². The Kier molecular flexibility index (Phi) is 6.44. The second-order valence-electron chi connectivity index (χ2n) is 4.16. The number of benzene rings is 1. The molecule has 1 aromatic rings. The van der Waals surface area contributed by atoms with E-state index in [4.69, 9.17) is 0 Å². The maximum atomic E-state index is 12.1. The van der Waals surface area contributed by atoms with Gasteiger partial charge in [-0.25, -0.2) is 13.1 Å². The lowest BCUT2D eigenvalue weighted by Crippen LogP contribution is -2.30. The van der Waals surface area contributed by atoms with Crippen LogP contribution in [0.3, 0.4) is 0 Å². The summed E-state index contributed by atoms with van der Waals surface area (Å²) in [5.41, 5.74) is 0.732. The van der Waals surface area contributed by atoms with E-state index >= 15 is 0 Å². The van der Waals surface area contributed by atoms with Crippen molar-refractivity contribution in [3.05, 3.63) is 28.2 Å². The van der Waals surface area contributed by atoms with E-state index in [2.05, 4.69) is 30.7 Å². The first-order valence-electron chi connectivity index (χ1n) is 5.76. The summed E-state index contributed by atoms with van der Waals surface area (Å²) in [6.45, 7) is 1.01. The molecule has 120 valence electrons. The van der Waals surface area contributed by atoms with Crippen LogP contribution in [0.1, 0.15) is 5.56 Å². The fraction of sp³-hybridized carbons (Fsp3) is 0.455. The van der Waals surface area contributed by atoms with Crippen LogP contribution in [-0.4, -0.2) is 34.1 Å². The first-order chi connectivity index (χ1) is 9.57. The van der Waals surface area contributed by atoms with Crippen LogP contribution in [0.4, 0.5) is 13.2 Å². The van der Waals surface area contributed by atoms with Crippen LogP contribution in [0.15, 0.2) is 22.7 Å². The van der Waals surface area contributed by atoms with Crippen molar-refractivity contribution in [1.29, 1.82) is 0 Å². The Labute approximate surface area is 129 Å². The van der Waals surface area contributed by atoms with Crippen molar-refractivity contribution in [2.45, 2.75) is 12.9 Å². The van der Waals surface area contributed by atoms with Crippen molar-refractivity contribution in [3.63, 3.8) is 0 Å². The van der Waals surface area contributed by atoms with Crippen LogP contribution in [0.5, 0.6) is 5.75 Å². The third-order valence-corrected chi connectivity index (χ3v) is 3.57. The summed E-state index contributed by atoms with van der Waals surface area (Å²) >= 11 is 3.00. The Bertz CT molecular complexity index is 579. The number of sulfonamides is 1. The Morgan fingerprint density at radius 2 is 1.95 bits per heavy atom. The van der Waals surface area contributed by atoms with Crippen molar-refractivity contribution in [3.8, 4) is 5.75 Å². The molecule has 0 aliphatic heterocycles. The van der Waals surface area contributed by atoms with Crippen molar-refractivity contribution in [2.75, 3.05) is 19.3 Å². The molecule has 0 fully saturated rings. The van der Waals surface area contributed by atoms with Crippen LogP contribution in [0.25, 0.3) is 0 Å². The SMILES string of the molecule is CS(=O)(=O)NCCNCc1ccc(OC(F)(F)F)c(Br)c1. The van der Waals surface area contributed by atoms with Gasteiger partial charge in [0.15, 0.2) is 0 Å². The van der Waals surface area contributed by atoms with Gasteiger partial charge in [0.25, 0.3) is 0 Å². The number of halogens is 4. The standard InChI is InChI=1S/C11H14BrF3N2O3S/c1-21(18,19)17-5-4-16-7-8-2-3-10(9(12)6-8)20-11(13,14)15/h2-3,6,16-17H,4-5,7H2,1H3. The summed E-state index contributed by atoms with van der Waals surface area (Å²) in [5.74, 6) is -0.315. The van der Waals surface area contributed by atoms with Crippen LogP contribution in [0, 0.1) is 0 Å². The molecule has 0 amide bonds. The van der Waals surface area contributed by atoms with Crippen molar-refractivity contribution < 1.29 is 26.3 Å². The molecule has 0 spiro atoms. The molecule has 0 aliphatic rings. The van der Waals surface area contributed by atoms with E-state index in [1.807, 2.05) is 0 Å². The third kappa shape index (κ3) is 8.24. The van der Waals surface area contributed by atoms with Gasteiger partial charge in [0.2, 0.25) is 10.0 Å². The fourth-order valence-electron chi connectivity index (χ4n) is 1.42. The molecular formula is C11H14BrF3N2O3S. The highest BCUT2D eigenvalue weighted by molar-refractivity contribution is 9.10. The van der Waals surface area contributed by atoms with Crippen LogP contribution >= 0.6 is 15.9 Å². The fourth-order valence-corrected chi connectivity index (χ4v) is 2.40. The molecular weight excluding hydrogens is 377 g/mol. The molecule has 0 aromatic heterocycles. The molecule has 0 radical (unpaired) electrons. The zero-order valence-electron chi connectivity index (χ0n) is 11.0. The van der Waals surface area contributed by atoms with Crippen molar-refractivity contribution in [1.82, 2.24) is 10.0 Å². The van der Waals surface area contributed by atoms with Gasteiger partial charge in [-0.2, -0.15) is 0 Å². The van der Waals surface area contributed by atoms with E-state index in [-0.39, 0.29) is 16.8 Å². The summed E-state index contributed by atoms with van der Waals surface area (Å²) in [6.07, 6.45) is -3.68. The lowest BCUT2D eigenvalue weighted by molar-refractivity contribution is -0.274. The van der Waals surface area contributed by atoms with Gasteiger partial charge in [0, 0.05) is 19.6 Å². The quantitative estimate of drug-likeness (QED) is 0.698. The predicted molar refractivity (Wildman–Crippen MR) is 75.4 cm³/mol. The number of ether oxygens (including phenoxy) is 1. The van der Waals surface area contributed by atoms with E-state index in [9.17, 15) is 21.6 Å². The first-order valence-corrected chi connectivity index (χ1v) is 8.45. The maximum Gasteiger partial charge on any atom is 0.573 e. The molecule has 2 N–H and O–H groups in total. The van der Waals surface area contributed by atoms with Gasteiger partial charge >= 0.3 is 6.36 Å². The number of nitrogens with one attached hydrogen (secondary N) is 2. The van der Waals surface area contributed by atoms with E-state index in [1.54, 1.807) is 0 Å². The second kappa shape index (κ2) is 7.43. The van der Waals surface area contributed by atoms with Gasteiger partial charge in [-0.05, 0) is 33.6 Å². The van der Waals surface area contributed by atoms with Crippen molar-refractivity contribution >= 4 is 26.0 Å². The van der Waals surface area contributed by atoms with Gasteiger partial charge < -0.3 is 10.1 Å². The highest BCUT2D eigenvalue weighted by atomic mass is 79.9. The largest absolute Gasteiger partial charge is 0.573 e. The van der Waals surface area contributed by atoms with Crippen LogP contribution < -0.4 is 14.8 Å². The molecule has 0 heterocycles. The Morgan fingerprint density at radius 1 is 1.29 bits per heavy atom. The van der Waals surface area contributed by atoms with E-state index in [0.717, 1.165) is 11.8 Å². The molecule has 1 aromatic carbocycles. The molecule has 0 bridgehead atoms. The molecule has 5 nitrogen and oxygen atoms in total. The Morgan fingerprint density at radius 3 is 2.48 bits per heavy atom. The average Bonchev–Trinajstić information content (AvgIpc) is 2.29. The highest BCUT2D eigenvalue weighted by Gasteiger charge is 2.31. The van der Waals surface area contributed by atoms with Gasteiger partial charge in [-0.1, -0.05) is 6.07 Å². The lowest BCUT2D eigenvalue weighted by atomic mass is 10.2. The lowest BCUT2D eigenvalue weighted by Gasteiger charge is -2.12. The molecule has 1 rings (SSSR count). The molecule has 0 aliphatic carbocycles. The molecule has 10 heteroatoms. The number of hydrogen-bond acceptors (Lipinski definition) is 4. The minimum Gasteiger partial charge on any atom is -0.405 e. The highest BCUT2D eigenvalue weighted by Crippen LogP contribution is 2.30.